The summed E-state index contributed by atoms with van der Waals surface area (Å²) in [7, 11) is 0. The van der Waals surface area contributed by atoms with Crippen LogP contribution in [0.4, 0.5) is 13.2 Å². The molecule has 2 aliphatic rings. The number of hydrogen-bond acceptors (Lipinski definition) is 2. The highest BCUT2D eigenvalue weighted by atomic mass is 35.5. The molecule has 1 saturated heterocycles. The Hall–Kier alpha value is -2.57. The average Bonchev–Trinajstić information content (AvgIpc) is 3.38. The summed E-state index contributed by atoms with van der Waals surface area (Å²) in [6, 6.07) is 17.7. The summed E-state index contributed by atoms with van der Waals surface area (Å²) in [6.07, 6.45) is 2.85. The van der Waals surface area contributed by atoms with Crippen molar-refractivity contribution < 1.29 is 18.0 Å². The van der Waals surface area contributed by atoms with Crippen molar-refractivity contribution in [3.63, 3.8) is 0 Å². The van der Waals surface area contributed by atoms with Crippen molar-refractivity contribution in [3.8, 4) is 0 Å². The van der Waals surface area contributed by atoms with E-state index in [-0.39, 0.29) is 29.7 Å². The van der Waals surface area contributed by atoms with Crippen LogP contribution in [-0.2, 0) is 11.0 Å². The Kier molecular flexibility index (Phi) is 7.27. The number of hydrogen-bond donors (Lipinski definition) is 1. The minimum Gasteiger partial charge on any atom is -0.353 e. The Balaban J connectivity index is 1.38. The number of fused-ring (bicyclic) bond motifs is 1. The molecule has 0 radical (unpaired) electrons. The van der Waals surface area contributed by atoms with E-state index >= 15 is 0 Å². The molecule has 1 amide bonds. The highest BCUT2D eigenvalue weighted by Crippen LogP contribution is 2.47. The second-order valence-electron chi connectivity index (χ2n) is 9.80. The van der Waals surface area contributed by atoms with E-state index in [0.717, 1.165) is 36.4 Å². The molecule has 2 nitrogen and oxygen atoms in total. The molecular weight excluding hydrogens is 503 g/mol. The molecule has 1 N–H and O–H groups in total. The number of alkyl halides is 3. The van der Waals surface area contributed by atoms with Crippen molar-refractivity contribution in [1.82, 2.24) is 5.32 Å². The molecule has 0 spiro atoms. The second kappa shape index (κ2) is 10.4. The number of piperidine rings is 1. The Morgan fingerprint density at radius 3 is 2.44 bits per heavy atom. The molecule has 36 heavy (non-hydrogen) atoms. The Morgan fingerprint density at radius 2 is 1.78 bits per heavy atom. The maximum absolute atomic E-state index is 12.9. The van der Waals surface area contributed by atoms with Crippen LogP contribution in [0, 0.1) is 17.8 Å². The van der Waals surface area contributed by atoms with Crippen LogP contribution in [0.5, 0.6) is 0 Å². The van der Waals surface area contributed by atoms with E-state index in [4.69, 9.17) is 11.6 Å². The molecule has 7 heteroatoms. The number of rotatable bonds is 5. The van der Waals surface area contributed by atoms with Gasteiger partial charge in [-0.05, 0) is 83.9 Å². The smallest absolute Gasteiger partial charge is 0.353 e. The van der Waals surface area contributed by atoms with E-state index in [2.05, 4.69) is 35.0 Å². The van der Waals surface area contributed by atoms with E-state index < -0.39 is 11.7 Å². The van der Waals surface area contributed by atoms with E-state index in [1.54, 1.807) is 11.3 Å². The highest BCUT2D eigenvalue weighted by Gasteiger charge is 2.42. The summed E-state index contributed by atoms with van der Waals surface area (Å²) in [5.41, 5.74) is 1.30. The molecule has 1 aromatic heterocycles. The van der Waals surface area contributed by atoms with Crippen LogP contribution in [0.2, 0.25) is 5.02 Å². The first-order chi connectivity index (χ1) is 17.3. The molecule has 5 unspecified atom stereocenters. The average molecular weight is 530 g/mol. The third kappa shape index (κ3) is 5.55. The first-order valence-electron chi connectivity index (χ1n) is 12.2. The number of benzene rings is 2. The van der Waals surface area contributed by atoms with Crippen molar-refractivity contribution in [2.45, 2.75) is 43.8 Å². The van der Waals surface area contributed by atoms with Gasteiger partial charge in [-0.15, -0.1) is 11.3 Å². The van der Waals surface area contributed by atoms with Crippen molar-refractivity contribution >= 4 is 34.9 Å². The van der Waals surface area contributed by atoms with Gasteiger partial charge in [-0.2, -0.15) is 13.2 Å². The van der Waals surface area contributed by atoms with Gasteiger partial charge in [0.2, 0.25) is 5.91 Å². The van der Waals surface area contributed by atoms with Crippen molar-refractivity contribution in [2.24, 2.45) is 17.8 Å². The molecule has 2 aromatic carbocycles. The van der Waals surface area contributed by atoms with E-state index in [0.29, 0.717) is 17.9 Å². The summed E-state index contributed by atoms with van der Waals surface area (Å²) < 4.78 is 38.7. The van der Waals surface area contributed by atoms with Gasteiger partial charge in [0.15, 0.2) is 0 Å². The molecule has 0 bridgehead atoms. The standard InChI is InChI=1S/C29H27ClF3NOS/c30-23-12-7-19(8-13-23)28(26-2-1-15-36-26)21-9-14-25-24(16-21)20(17-27(35)34-25)6-3-18-4-10-22(11-5-18)29(31,32)33/h1-8,10-13,15,20-21,24-25,28H,9,14,16-17H2,(H,34,35)/b6-3+. The zero-order chi connectivity index (χ0) is 25.3. The Morgan fingerprint density at radius 1 is 1.03 bits per heavy atom. The van der Waals surface area contributed by atoms with Crippen LogP contribution in [0.15, 0.2) is 72.1 Å². The predicted octanol–water partition coefficient (Wildman–Crippen LogP) is 8.19. The molecule has 1 aliphatic heterocycles. The van der Waals surface area contributed by atoms with Crippen molar-refractivity contribution in [1.29, 1.82) is 0 Å². The number of carbonyl (C=O) groups excluding carboxylic acids is 1. The molecule has 5 atom stereocenters. The summed E-state index contributed by atoms with van der Waals surface area (Å²) in [5, 5.41) is 6.03. The van der Waals surface area contributed by atoms with Gasteiger partial charge in [0.1, 0.15) is 0 Å². The van der Waals surface area contributed by atoms with Crippen LogP contribution in [0.25, 0.3) is 6.08 Å². The van der Waals surface area contributed by atoms with E-state index in [1.165, 1.54) is 22.6 Å². The molecule has 2 fully saturated rings. The Bertz CT molecular complexity index is 1200. The molecule has 5 rings (SSSR count). The fourth-order valence-electron chi connectivity index (χ4n) is 5.86. The molecular formula is C29H27ClF3NOS. The van der Waals surface area contributed by atoms with Crippen LogP contribution in [-0.4, -0.2) is 11.9 Å². The normalized spacial score (nSPS) is 25.4. The van der Waals surface area contributed by atoms with Crippen molar-refractivity contribution in [2.75, 3.05) is 0 Å². The zero-order valence-corrected chi connectivity index (χ0v) is 21.1. The monoisotopic (exact) mass is 529 g/mol. The first kappa shape index (κ1) is 25.1. The van der Waals surface area contributed by atoms with E-state index in [1.807, 2.05) is 24.3 Å². The van der Waals surface area contributed by atoms with E-state index in [9.17, 15) is 18.0 Å². The maximum Gasteiger partial charge on any atom is 0.416 e. The Labute approximate surface area is 218 Å². The van der Waals surface area contributed by atoms with Gasteiger partial charge in [-0.25, -0.2) is 0 Å². The number of carbonyl (C=O) groups is 1. The minimum atomic E-state index is -4.35. The van der Waals surface area contributed by atoms with Crippen molar-refractivity contribution in [3.05, 3.63) is 98.7 Å². The predicted molar refractivity (Wildman–Crippen MR) is 139 cm³/mol. The third-order valence-corrected chi connectivity index (χ3v) is 8.79. The van der Waals surface area contributed by atoms with Gasteiger partial charge in [0.05, 0.1) is 5.56 Å². The fraction of sp³-hybridized carbons (Fsp3) is 0.345. The lowest BCUT2D eigenvalue weighted by Crippen LogP contribution is -2.51. The summed E-state index contributed by atoms with van der Waals surface area (Å²) >= 11 is 7.93. The molecule has 1 saturated carbocycles. The summed E-state index contributed by atoms with van der Waals surface area (Å²) in [5.74, 6) is 1.05. The number of amides is 1. The molecule has 1 aliphatic carbocycles. The van der Waals surface area contributed by atoms with Gasteiger partial charge in [0, 0.05) is 28.3 Å². The first-order valence-corrected chi connectivity index (χ1v) is 13.5. The lowest BCUT2D eigenvalue weighted by atomic mass is 9.65. The lowest BCUT2D eigenvalue weighted by Gasteiger charge is -2.45. The number of allylic oxidation sites excluding steroid dienone is 1. The fourth-order valence-corrected chi connectivity index (χ4v) is 6.93. The van der Waals surface area contributed by atoms with Gasteiger partial charge < -0.3 is 5.32 Å². The van der Waals surface area contributed by atoms with Crippen LogP contribution < -0.4 is 5.32 Å². The van der Waals surface area contributed by atoms with Crippen LogP contribution in [0.1, 0.15) is 53.2 Å². The largest absolute Gasteiger partial charge is 0.416 e. The van der Waals surface area contributed by atoms with Gasteiger partial charge in [0.25, 0.3) is 0 Å². The van der Waals surface area contributed by atoms with Gasteiger partial charge in [-0.1, -0.05) is 54.1 Å². The summed E-state index contributed by atoms with van der Waals surface area (Å²) in [4.78, 5) is 13.8. The number of halogens is 4. The number of nitrogens with one attached hydrogen (secondary N) is 1. The second-order valence-corrected chi connectivity index (χ2v) is 11.2. The third-order valence-electron chi connectivity index (χ3n) is 7.58. The number of thiophene rings is 1. The SMILES string of the molecule is O=C1CC(/C=C/c2ccc(C(F)(F)F)cc2)C2CC(C(c3ccc(Cl)cc3)c3cccs3)CCC2N1. The van der Waals surface area contributed by atoms with Crippen LogP contribution in [0.3, 0.4) is 0 Å². The molecule has 2 heterocycles. The quantitative estimate of drug-likeness (QED) is 0.354. The van der Waals surface area contributed by atoms with Crippen LogP contribution >= 0.6 is 22.9 Å². The molecule has 3 aromatic rings. The highest BCUT2D eigenvalue weighted by molar-refractivity contribution is 7.10. The minimum absolute atomic E-state index is 0.0445. The zero-order valence-electron chi connectivity index (χ0n) is 19.5. The molecule has 188 valence electrons. The maximum atomic E-state index is 12.9. The van der Waals surface area contributed by atoms with Gasteiger partial charge in [-0.3, -0.25) is 4.79 Å². The topological polar surface area (TPSA) is 29.1 Å². The summed E-state index contributed by atoms with van der Waals surface area (Å²) in [6.45, 7) is 0. The lowest BCUT2D eigenvalue weighted by molar-refractivity contribution is -0.137. The van der Waals surface area contributed by atoms with Gasteiger partial charge >= 0.3 is 6.18 Å².